The van der Waals surface area contributed by atoms with E-state index in [9.17, 15) is 9.59 Å². The van der Waals surface area contributed by atoms with Gasteiger partial charge in [0.2, 0.25) is 11.8 Å². The molecule has 0 spiro atoms. The van der Waals surface area contributed by atoms with Gasteiger partial charge in [-0.2, -0.15) is 0 Å². The third-order valence-electron chi connectivity index (χ3n) is 21.6. The Labute approximate surface area is 434 Å². The molecule has 3 unspecified atom stereocenters. The van der Waals surface area contributed by atoms with Gasteiger partial charge in [0.1, 0.15) is 17.0 Å². The fourth-order valence-electron chi connectivity index (χ4n) is 16.7. The molecule has 7 aliphatic rings. The number of aromatic nitrogens is 2. The van der Waals surface area contributed by atoms with Gasteiger partial charge in [0.05, 0.1) is 35.3 Å². The van der Waals surface area contributed by atoms with E-state index in [1.807, 2.05) is 0 Å². The molecule has 5 aliphatic carbocycles. The van der Waals surface area contributed by atoms with Crippen LogP contribution >= 0.6 is 0 Å². The van der Waals surface area contributed by atoms with Crippen molar-refractivity contribution < 1.29 is 14.3 Å². The van der Waals surface area contributed by atoms with Gasteiger partial charge in [-0.05, 0) is 162 Å². The number of amides is 2. The van der Waals surface area contributed by atoms with Crippen LogP contribution in [-0.2, 0) is 20.9 Å². The summed E-state index contributed by atoms with van der Waals surface area (Å²) in [6, 6.07) is 16.3. The summed E-state index contributed by atoms with van der Waals surface area (Å²) in [4.78, 5) is 40.8. The van der Waals surface area contributed by atoms with Crippen LogP contribution in [0.4, 0.5) is 17.1 Å². The first-order chi connectivity index (χ1) is 34.6. The maximum Gasteiger partial charge on any atom is 0.224 e. The van der Waals surface area contributed by atoms with Crippen molar-refractivity contribution in [1.29, 1.82) is 0 Å². The van der Waals surface area contributed by atoms with Crippen LogP contribution in [0.2, 0.25) is 0 Å². The third-order valence-corrected chi connectivity index (χ3v) is 21.6. The predicted octanol–water partition coefficient (Wildman–Crippen LogP) is 13.5. The van der Waals surface area contributed by atoms with E-state index >= 15 is 0 Å². The van der Waals surface area contributed by atoms with Crippen LogP contribution in [0.15, 0.2) is 42.5 Å². The third kappa shape index (κ3) is 9.83. The molecule has 2 aliphatic heterocycles. The molecule has 3 aromatic rings. The van der Waals surface area contributed by atoms with Crippen molar-refractivity contribution in [1.82, 2.24) is 19.8 Å². The quantitative estimate of drug-likeness (QED) is 0.139. The Balaban J connectivity index is 0.791. The second kappa shape index (κ2) is 21.1. The summed E-state index contributed by atoms with van der Waals surface area (Å²) in [5.41, 5.74) is 6.31. The number of aryl methyl sites for hydroxylation is 1. The second-order valence-corrected chi connectivity index (χ2v) is 26.1. The number of nitrogens with zero attached hydrogens (tertiary/aromatic N) is 5. The number of fused-ring (bicyclic) bond motifs is 4. The molecule has 6 fully saturated rings. The Kier molecular flexibility index (Phi) is 15.1. The average molecular weight is 986 g/mol. The molecule has 2 aromatic carbocycles. The zero-order valence-electron chi connectivity index (χ0n) is 46.2. The number of para-hydroxylation sites is 3. The fourth-order valence-corrected chi connectivity index (χ4v) is 16.7. The van der Waals surface area contributed by atoms with E-state index in [1.165, 1.54) is 125 Å². The van der Waals surface area contributed by atoms with Crippen molar-refractivity contribution in [2.75, 3.05) is 47.9 Å². The molecule has 5 atom stereocenters. The predicted molar refractivity (Wildman–Crippen MR) is 296 cm³/mol. The largest absolute Gasteiger partial charge is 0.375 e. The van der Waals surface area contributed by atoms with Crippen LogP contribution < -0.4 is 20.4 Å². The minimum Gasteiger partial charge on any atom is -0.375 e. The monoisotopic (exact) mass is 986 g/mol. The first-order valence-electron chi connectivity index (χ1n) is 29.7. The molecule has 2 amide bonds. The molecule has 2 bridgehead atoms. The molecule has 0 radical (unpaired) electrons. The SMILES string of the molecule is CCCC1CCC(c2nc3c(N4CCOC(CC(C)(C)C5CCC(C6(C)Nc7ccccc7N6CCC(=O)N[C@@H]6CC7CC[C@]6(C)C7(C)C)CC5)C4)cccc3n2CCC(=O)N(CC)C2CCCCC2)CC1. The highest BCUT2D eigenvalue weighted by Gasteiger charge is 2.61. The Morgan fingerprint density at radius 3 is 2.31 bits per heavy atom. The maximum atomic E-state index is 14.0. The van der Waals surface area contributed by atoms with E-state index < -0.39 is 0 Å². The van der Waals surface area contributed by atoms with Crippen LogP contribution in [0.3, 0.4) is 0 Å². The Morgan fingerprint density at radius 2 is 1.60 bits per heavy atom. The van der Waals surface area contributed by atoms with Crippen LogP contribution in [-0.4, -0.2) is 82.9 Å². The summed E-state index contributed by atoms with van der Waals surface area (Å²) in [5.74, 6) is 4.80. The van der Waals surface area contributed by atoms with Gasteiger partial charge in [0, 0.05) is 69.5 Å². The number of nitrogens with one attached hydrogen (secondary N) is 2. The number of anilines is 3. The number of morpholine rings is 1. The molecule has 10 nitrogen and oxygen atoms in total. The van der Waals surface area contributed by atoms with E-state index in [0.717, 1.165) is 69.9 Å². The fraction of sp³-hybridized carbons (Fsp3) is 0.758. The molecule has 396 valence electrons. The normalized spacial score (nSPS) is 31.7. The minimum atomic E-state index is -0.241. The van der Waals surface area contributed by atoms with Gasteiger partial charge in [0.25, 0.3) is 0 Å². The van der Waals surface area contributed by atoms with Gasteiger partial charge < -0.3 is 34.6 Å². The van der Waals surface area contributed by atoms with Crippen LogP contribution in [0.5, 0.6) is 0 Å². The number of rotatable bonds is 17. The van der Waals surface area contributed by atoms with Crippen molar-refractivity contribution in [3.05, 3.63) is 48.3 Å². The maximum absolute atomic E-state index is 14.0. The van der Waals surface area contributed by atoms with Gasteiger partial charge in [-0.25, -0.2) is 4.98 Å². The van der Waals surface area contributed by atoms with Gasteiger partial charge in [0.15, 0.2) is 0 Å². The van der Waals surface area contributed by atoms with Crippen molar-refractivity contribution in [2.45, 2.75) is 227 Å². The molecule has 10 heteroatoms. The van der Waals surface area contributed by atoms with E-state index in [2.05, 4.69) is 128 Å². The number of imidazole rings is 1. The molecular formula is C62H95N7O3. The lowest BCUT2D eigenvalue weighted by atomic mass is 9.64. The van der Waals surface area contributed by atoms with Gasteiger partial charge in [-0.15, -0.1) is 0 Å². The number of carbonyl (C=O) groups is 2. The molecule has 3 heterocycles. The number of ether oxygens (including phenoxy) is 1. The smallest absolute Gasteiger partial charge is 0.224 e. The average Bonchev–Trinajstić information content (AvgIpc) is 4.03. The van der Waals surface area contributed by atoms with Crippen molar-refractivity contribution in [2.24, 2.45) is 39.9 Å². The molecule has 10 rings (SSSR count). The molecule has 1 aromatic heterocycles. The molecule has 5 saturated carbocycles. The number of benzene rings is 2. The minimum absolute atomic E-state index is 0.127. The lowest BCUT2D eigenvalue weighted by Crippen LogP contribution is -2.56. The Hall–Kier alpha value is -3.79. The molecule has 2 N–H and O–H groups in total. The van der Waals surface area contributed by atoms with Crippen LogP contribution in [0.1, 0.15) is 202 Å². The van der Waals surface area contributed by atoms with Crippen molar-refractivity contribution >= 4 is 39.9 Å². The Bertz CT molecular complexity index is 2350. The first kappa shape index (κ1) is 51.7. The van der Waals surface area contributed by atoms with E-state index in [4.69, 9.17) is 9.72 Å². The van der Waals surface area contributed by atoms with Crippen molar-refractivity contribution in [3.63, 3.8) is 0 Å². The highest BCUT2D eigenvalue weighted by Crippen LogP contribution is 2.65. The molecule has 1 saturated heterocycles. The topological polar surface area (TPSA) is 95.0 Å². The lowest BCUT2D eigenvalue weighted by Gasteiger charge is -2.48. The number of carbonyl (C=O) groups excluding carboxylic acids is 2. The molecular weight excluding hydrogens is 891 g/mol. The Morgan fingerprint density at radius 1 is 0.847 bits per heavy atom. The second-order valence-electron chi connectivity index (χ2n) is 26.1. The zero-order chi connectivity index (χ0) is 50.4. The van der Waals surface area contributed by atoms with Gasteiger partial charge in [-0.1, -0.05) is 91.8 Å². The summed E-state index contributed by atoms with van der Waals surface area (Å²) < 4.78 is 9.17. The number of hydrogen-bond donors (Lipinski definition) is 2. The van der Waals surface area contributed by atoms with Gasteiger partial charge in [-0.3, -0.25) is 9.59 Å². The van der Waals surface area contributed by atoms with Crippen LogP contribution in [0, 0.1) is 39.9 Å². The highest BCUT2D eigenvalue weighted by molar-refractivity contribution is 5.90. The van der Waals surface area contributed by atoms with E-state index in [0.29, 0.717) is 55.0 Å². The van der Waals surface area contributed by atoms with E-state index in [1.54, 1.807) is 0 Å². The summed E-state index contributed by atoms with van der Waals surface area (Å²) in [6.45, 7) is 23.9. The summed E-state index contributed by atoms with van der Waals surface area (Å²) >= 11 is 0. The molecule has 72 heavy (non-hydrogen) atoms. The van der Waals surface area contributed by atoms with E-state index in [-0.39, 0.29) is 40.0 Å². The zero-order valence-corrected chi connectivity index (χ0v) is 46.2. The van der Waals surface area contributed by atoms with Crippen molar-refractivity contribution in [3.8, 4) is 0 Å². The lowest BCUT2D eigenvalue weighted by molar-refractivity contribution is -0.134. The van der Waals surface area contributed by atoms with Crippen LogP contribution in [0.25, 0.3) is 11.0 Å². The summed E-state index contributed by atoms with van der Waals surface area (Å²) in [6.07, 6.45) is 24.2. The highest BCUT2D eigenvalue weighted by atomic mass is 16.5. The summed E-state index contributed by atoms with van der Waals surface area (Å²) in [7, 11) is 0. The van der Waals surface area contributed by atoms with Gasteiger partial charge >= 0.3 is 0 Å². The first-order valence-corrected chi connectivity index (χ1v) is 29.7. The standard InChI is InChI=1S/C62H95N7O3/c1-9-17-43-24-26-44(27-25-43)58-64-57-52(22-16-23-53(57)68(58)36-34-56(71)67(10-2)48-18-12-11-13-19-48)66-38-39-72-49(42-66)41-59(3,4)45-28-30-46(31-29-45)62(8)65-50-20-14-15-21-51(50)69(62)37-33-55(70)63-54-40-47-32-35-61(54,7)60(47,5)6/h14-16,20-23,43-49,54,65H,9-13,17-19,24-42H2,1-8H3,(H,63,70)/t43?,44?,45?,46?,47?,49?,54-,61+,62?/m1/s1. The number of hydrogen-bond acceptors (Lipinski definition) is 7. The summed E-state index contributed by atoms with van der Waals surface area (Å²) in [5, 5.41) is 7.59.